The second-order valence-electron chi connectivity index (χ2n) is 4.83. The van der Waals surface area contributed by atoms with Crippen molar-refractivity contribution in [3.63, 3.8) is 0 Å². The minimum atomic E-state index is -0.151. The van der Waals surface area contributed by atoms with Crippen LogP contribution in [-0.2, 0) is 10.5 Å². The lowest BCUT2D eigenvalue weighted by molar-refractivity contribution is -0.120. The number of thioether (sulfide) groups is 1. The molecule has 2 aromatic rings. The van der Waals surface area contributed by atoms with Gasteiger partial charge in [0.25, 0.3) is 5.56 Å². The van der Waals surface area contributed by atoms with Gasteiger partial charge >= 0.3 is 0 Å². The van der Waals surface area contributed by atoms with Crippen molar-refractivity contribution in [2.24, 2.45) is 0 Å². The van der Waals surface area contributed by atoms with Gasteiger partial charge in [-0.3, -0.25) is 14.0 Å². The van der Waals surface area contributed by atoms with Crippen LogP contribution in [0.5, 0.6) is 0 Å². The molecule has 0 aliphatic carbocycles. The number of aromatic nitrogens is 2. The van der Waals surface area contributed by atoms with Gasteiger partial charge in [0.2, 0.25) is 5.91 Å². The van der Waals surface area contributed by atoms with Gasteiger partial charge in [-0.05, 0) is 20.3 Å². The first-order valence-corrected chi connectivity index (χ1v) is 8.82. The van der Waals surface area contributed by atoms with Crippen molar-refractivity contribution in [3.05, 3.63) is 33.2 Å². The van der Waals surface area contributed by atoms with Crippen molar-refractivity contribution < 1.29 is 4.79 Å². The number of carbonyl (C=O) groups excluding carboxylic acids is 1. The average Bonchev–Trinajstić information content (AvgIpc) is 2.84. The monoisotopic (exact) mass is 325 g/mol. The number of thiazole rings is 1. The fourth-order valence-corrected chi connectivity index (χ4v) is 3.55. The molecule has 0 saturated carbocycles. The minimum absolute atomic E-state index is 0.0339. The molecule has 0 saturated heterocycles. The Morgan fingerprint density at radius 2 is 2.33 bits per heavy atom. The summed E-state index contributed by atoms with van der Waals surface area (Å²) in [6.07, 6.45) is 0.926. The summed E-state index contributed by atoms with van der Waals surface area (Å²) in [4.78, 5) is 29.0. The molecule has 2 rings (SSSR count). The lowest BCUT2D eigenvalue weighted by Gasteiger charge is -2.11. The molecule has 1 N–H and O–H groups in total. The molecule has 0 bridgehead atoms. The molecule has 0 unspecified atom stereocenters. The highest BCUT2D eigenvalue weighted by molar-refractivity contribution is 7.99. The molecular weight excluding hydrogens is 306 g/mol. The molecular formula is C14H19N3O2S2. The summed E-state index contributed by atoms with van der Waals surface area (Å²) >= 11 is 2.95. The Hall–Kier alpha value is -1.34. The zero-order chi connectivity index (χ0) is 15.4. The van der Waals surface area contributed by atoms with Crippen LogP contribution in [0.25, 0.3) is 4.96 Å². The number of amides is 1. The van der Waals surface area contributed by atoms with Gasteiger partial charge in [0, 0.05) is 29.4 Å². The molecule has 0 radical (unpaired) electrons. The van der Waals surface area contributed by atoms with E-state index in [0.717, 1.165) is 17.8 Å². The number of fused-ring (bicyclic) bond motifs is 1. The third-order valence-electron chi connectivity index (χ3n) is 3.03. The van der Waals surface area contributed by atoms with Gasteiger partial charge in [-0.25, -0.2) is 4.98 Å². The van der Waals surface area contributed by atoms with Crippen LogP contribution in [0.4, 0.5) is 0 Å². The van der Waals surface area contributed by atoms with Crippen LogP contribution in [0.1, 0.15) is 31.7 Å². The minimum Gasteiger partial charge on any atom is -0.355 e. The third-order valence-corrected chi connectivity index (χ3v) is 5.15. The van der Waals surface area contributed by atoms with E-state index in [-0.39, 0.29) is 16.7 Å². The van der Waals surface area contributed by atoms with Gasteiger partial charge in [-0.15, -0.1) is 23.1 Å². The number of carbonyl (C=O) groups is 1. The van der Waals surface area contributed by atoms with E-state index in [1.807, 2.05) is 26.2 Å². The Labute approximate surface area is 131 Å². The van der Waals surface area contributed by atoms with Crippen molar-refractivity contribution >= 4 is 34.0 Å². The first-order chi connectivity index (χ1) is 10.0. The lowest BCUT2D eigenvalue weighted by atomic mass is 10.4. The van der Waals surface area contributed by atoms with Gasteiger partial charge in [-0.1, -0.05) is 6.92 Å². The summed E-state index contributed by atoms with van der Waals surface area (Å²) in [5.74, 6) is 0.593. The van der Waals surface area contributed by atoms with Gasteiger partial charge in [0.05, 0.1) is 10.9 Å². The zero-order valence-electron chi connectivity index (χ0n) is 12.4. The molecule has 0 fully saturated rings. The van der Waals surface area contributed by atoms with E-state index in [9.17, 15) is 9.59 Å². The summed E-state index contributed by atoms with van der Waals surface area (Å²) in [5.41, 5.74) is 1.57. The van der Waals surface area contributed by atoms with E-state index in [0.29, 0.717) is 17.3 Å². The Kier molecular flexibility index (Phi) is 5.41. The van der Waals surface area contributed by atoms with E-state index in [1.165, 1.54) is 23.1 Å². The molecule has 1 amide bonds. The number of hydrogen-bond donors (Lipinski definition) is 1. The molecule has 1 atom stereocenters. The quantitative estimate of drug-likeness (QED) is 0.884. The highest BCUT2D eigenvalue weighted by atomic mass is 32.2. The van der Waals surface area contributed by atoms with Gasteiger partial charge < -0.3 is 5.32 Å². The molecule has 2 heterocycles. The van der Waals surface area contributed by atoms with Gasteiger partial charge in [0.15, 0.2) is 4.96 Å². The van der Waals surface area contributed by atoms with Gasteiger partial charge in [0.1, 0.15) is 0 Å². The first-order valence-electron chi connectivity index (χ1n) is 6.89. The summed E-state index contributed by atoms with van der Waals surface area (Å²) in [6.45, 7) is 6.48. The molecule has 0 spiro atoms. The fourth-order valence-electron chi connectivity index (χ4n) is 1.85. The van der Waals surface area contributed by atoms with Crippen LogP contribution in [0.15, 0.2) is 16.2 Å². The van der Waals surface area contributed by atoms with Crippen LogP contribution in [-0.4, -0.2) is 27.1 Å². The fraction of sp³-hybridized carbons (Fsp3) is 0.500. The molecule has 21 heavy (non-hydrogen) atoms. The van der Waals surface area contributed by atoms with Crippen LogP contribution in [0.2, 0.25) is 0 Å². The molecule has 0 aromatic carbocycles. The van der Waals surface area contributed by atoms with Crippen molar-refractivity contribution in [1.82, 2.24) is 14.7 Å². The SMILES string of the molecule is CCCNC(=O)[C@H](C)SCc1cc(=O)n2c(C)csc2n1. The predicted molar refractivity (Wildman–Crippen MR) is 88.1 cm³/mol. The summed E-state index contributed by atoms with van der Waals surface area (Å²) in [7, 11) is 0. The lowest BCUT2D eigenvalue weighted by Crippen LogP contribution is -2.31. The average molecular weight is 325 g/mol. The van der Waals surface area contributed by atoms with Crippen molar-refractivity contribution in [3.8, 4) is 0 Å². The van der Waals surface area contributed by atoms with Crippen LogP contribution < -0.4 is 10.9 Å². The maximum Gasteiger partial charge on any atom is 0.258 e. The second-order valence-corrected chi connectivity index (χ2v) is 6.99. The summed E-state index contributed by atoms with van der Waals surface area (Å²) in [6, 6.07) is 1.55. The standard InChI is InChI=1S/C14H19N3O2S2/c1-4-5-15-13(19)10(3)20-8-11-6-12(18)17-9(2)7-21-14(17)16-11/h6-7,10H,4-5,8H2,1-3H3,(H,15,19)/t10-/m0/s1. The maximum absolute atomic E-state index is 12.0. The molecule has 0 aliphatic heterocycles. The Bertz CT molecular complexity index is 693. The summed E-state index contributed by atoms with van der Waals surface area (Å²) < 4.78 is 1.61. The number of hydrogen-bond acceptors (Lipinski definition) is 5. The number of aryl methyl sites for hydroxylation is 1. The van der Waals surface area contributed by atoms with Crippen molar-refractivity contribution in [1.29, 1.82) is 0 Å². The smallest absolute Gasteiger partial charge is 0.258 e. The van der Waals surface area contributed by atoms with Crippen molar-refractivity contribution in [2.75, 3.05) is 6.54 Å². The molecule has 2 aromatic heterocycles. The Morgan fingerprint density at radius 3 is 3.05 bits per heavy atom. The van der Waals surface area contributed by atoms with Crippen LogP contribution in [0, 0.1) is 6.92 Å². The molecule has 114 valence electrons. The normalized spacial score (nSPS) is 12.5. The van der Waals surface area contributed by atoms with E-state index >= 15 is 0 Å². The number of nitrogens with one attached hydrogen (secondary N) is 1. The third kappa shape index (κ3) is 3.85. The zero-order valence-corrected chi connectivity index (χ0v) is 14.0. The maximum atomic E-state index is 12.0. The summed E-state index contributed by atoms with van der Waals surface area (Å²) in [5, 5.41) is 4.64. The van der Waals surface area contributed by atoms with Crippen LogP contribution in [0.3, 0.4) is 0 Å². The molecule has 5 nitrogen and oxygen atoms in total. The topological polar surface area (TPSA) is 63.5 Å². The molecule has 0 aliphatic rings. The largest absolute Gasteiger partial charge is 0.355 e. The highest BCUT2D eigenvalue weighted by Gasteiger charge is 2.14. The number of nitrogens with zero attached hydrogens (tertiary/aromatic N) is 2. The second kappa shape index (κ2) is 7.09. The first kappa shape index (κ1) is 16.0. The molecule has 7 heteroatoms. The highest BCUT2D eigenvalue weighted by Crippen LogP contribution is 2.18. The van der Waals surface area contributed by atoms with Gasteiger partial charge in [-0.2, -0.15) is 0 Å². The van der Waals surface area contributed by atoms with E-state index in [1.54, 1.807) is 10.5 Å². The van der Waals surface area contributed by atoms with Crippen molar-refractivity contribution in [2.45, 2.75) is 38.2 Å². The van der Waals surface area contributed by atoms with E-state index < -0.39 is 0 Å². The Morgan fingerprint density at radius 1 is 1.57 bits per heavy atom. The van der Waals surface area contributed by atoms with E-state index in [4.69, 9.17) is 0 Å². The predicted octanol–water partition coefficient (Wildman–Crippen LogP) is 2.21. The van der Waals surface area contributed by atoms with Crippen LogP contribution >= 0.6 is 23.1 Å². The Balaban J connectivity index is 2.04. The number of rotatable bonds is 6. The van der Waals surface area contributed by atoms with E-state index in [2.05, 4.69) is 10.3 Å².